The third-order valence-corrected chi connectivity index (χ3v) is 4.62. The zero-order valence-electron chi connectivity index (χ0n) is 9.29. The van der Waals surface area contributed by atoms with Gasteiger partial charge in [0.2, 0.25) is 0 Å². The van der Waals surface area contributed by atoms with Crippen molar-refractivity contribution in [3.8, 4) is 0 Å². The normalized spacial score (nSPS) is 12.9. The van der Waals surface area contributed by atoms with Gasteiger partial charge in [0, 0.05) is 16.8 Å². The monoisotopic (exact) mass is 278 g/mol. The number of aromatic amines is 1. The number of hydrogen-bond acceptors (Lipinski definition) is 5. The maximum atomic E-state index is 12.1. The molecule has 0 saturated carbocycles. The minimum Gasteiger partial charge on any atom is -0.399 e. The second-order valence-electron chi connectivity index (χ2n) is 3.78. The topological polar surface area (TPSA) is 84.7 Å². The summed E-state index contributed by atoms with van der Waals surface area (Å²) in [6.45, 7) is 0. The van der Waals surface area contributed by atoms with Crippen LogP contribution in [-0.4, -0.2) is 19.2 Å². The largest absolute Gasteiger partial charge is 0.399 e. The second kappa shape index (κ2) is 4.51. The number of nitrogens with two attached hydrogens (primary N) is 1. The van der Waals surface area contributed by atoms with Crippen molar-refractivity contribution in [3.63, 3.8) is 0 Å². The van der Waals surface area contributed by atoms with Gasteiger partial charge in [0.25, 0.3) is 0 Å². The van der Waals surface area contributed by atoms with Crippen LogP contribution in [-0.2, 0) is 16.6 Å². The van der Waals surface area contributed by atoms with E-state index in [0.717, 1.165) is 15.9 Å². The molecule has 3 rings (SSSR count). The zero-order chi connectivity index (χ0) is 12.5. The molecule has 0 saturated heterocycles. The molecule has 0 fully saturated rings. The first-order chi connectivity index (χ1) is 8.72. The van der Waals surface area contributed by atoms with Crippen LogP contribution in [0.25, 0.3) is 11.0 Å². The number of nitrogen functional groups attached to an aromatic ring is 1. The number of nitrogens with zero attached hydrogens (tertiary/aromatic N) is 2. The van der Waals surface area contributed by atoms with Gasteiger partial charge in [0.15, 0.2) is 5.16 Å². The van der Waals surface area contributed by atoms with E-state index in [1.807, 2.05) is 6.07 Å². The molecule has 1 atom stereocenters. The molecule has 3 aromatic rings. The molecule has 2 aromatic heterocycles. The molecule has 5 nitrogen and oxygen atoms in total. The highest BCUT2D eigenvalue weighted by Gasteiger charge is 2.11. The molecular weight excluding hydrogens is 268 g/mol. The Kier molecular flexibility index (Phi) is 2.85. The number of anilines is 1. The number of hydrogen-bond donors (Lipinski definition) is 2. The highest BCUT2D eigenvalue weighted by atomic mass is 32.2. The molecule has 7 heteroatoms. The van der Waals surface area contributed by atoms with Crippen LogP contribution in [0.4, 0.5) is 5.69 Å². The van der Waals surface area contributed by atoms with E-state index in [1.54, 1.807) is 23.8 Å². The van der Waals surface area contributed by atoms with Gasteiger partial charge in [-0.2, -0.15) is 0 Å². The minimum atomic E-state index is -1.19. The Morgan fingerprint density at radius 1 is 1.44 bits per heavy atom. The van der Waals surface area contributed by atoms with Crippen molar-refractivity contribution in [1.82, 2.24) is 15.0 Å². The van der Waals surface area contributed by atoms with Crippen LogP contribution in [0.15, 0.2) is 35.1 Å². The standard InChI is InChI=1S/C11H10N4OS2/c12-7-1-2-9-10(3-7)15-11(14-9)18(16)5-8-4-13-6-17-8/h1-4,6H,5,12H2,(H,14,15). The van der Waals surface area contributed by atoms with Gasteiger partial charge >= 0.3 is 0 Å². The van der Waals surface area contributed by atoms with Crippen molar-refractivity contribution < 1.29 is 4.21 Å². The fourth-order valence-electron chi connectivity index (χ4n) is 1.62. The smallest absolute Gasteiger partial charge is 0.197 e. The number of aromatic nitrogens is 3. The van der Waals surface area contributed by atoms with Crippen LogP contribution in [0.5, 0.6) is 0 Å². The highest BCUT2D eigenvalue weighted by molar-refractivity contribution is 7.84. The first-order valence-electron chi connectivity index (χ1n) is 5.23. The molecule has 0 spiro atoms. The molecule has 1 unspecified atom stereocenters. The summed E-state index contributed by atoms with van der Waals surface area (Å²) in [6.07, 6.45) is 1.73. The van der Waals surface area contributed by atoms with E-state index in [9.17, 15) is 4.21 Å². The van der Waals surface area contributed by atoms with Crippen LogP contribution in [0, 0.1) is 0 Å². The predicted molar refractivity (Wildman–Crippen MR) is 72.7 cm³/mol. The second-order valence-corrected chi connectivity index (χ2v) is 6.11. The molecule has 3 N–H and O–H groups in total. The molecule has 0 radical (unpaired) electrons. The lowest BCUT2D eigenvalue weighted by atomic mass is 10.3. The Morgan fingerprint density at radius 2 is 2.33 bits per heavy atom. The van der Waals surface area contributed by atoms with Gasteiger partial charge in [-0.15, -0.1) is 11.3 Å². The van der Waals surface area contributed by atoms with E-state index in [0.29, 0.717) is 16.6 Å². The molecule has 18 heavy (non-hydrogen) atoms. The van der Waals surface area contributed by atoms with Gasteiger partial charge in [-0.25, -0.2) is 4.98 Å². The number of imidazole rings is 1. The van der Waals surface area contributed by atoms with Gasteiger partial charge in [0.1, 0.15) is 0 Å². The Bertz CT molecular complexity index is 705. The van der Waals surface area contributed by atoms with E-state index in [2.05, 4.69) is 15.0 Å². The third kappa shape index (κ3) is 2.14. The average molecular weight is 278 g/mol. The summed E-state index contributed by atoms with van der Waals surface area (Å²) in [5.41, 5.74) is 9.66. The number of nitrogens with one attached hydrogen (secondary N) is 1. The first kappa shape index (κ1) is 11.4. The quantitative estimate of drug-likeness (QED) is 0.717. The van der Waals surface area contributed by atoms with E-state index in [1.165, 1.54) is 11.3 Å². The molecule has 0 aliphatic heterocycles. The molecule has 0 aliphatic carbocycles. The summed E-state index contributed by atoms with van der Waals surface area (Å²) in [7, 11) is -1.19. The zero-order valence-corrected chi connectivity index (χ0v) is 10.9. The van der Waals surface area contributed by atoms with Crippen LogP contribution >= 0.6 is 11.3 Å². The number of benzene rings is 1. The maximum absolute atomic E-state index is 12.1. The fourth-order valence-corrected chi connectivity index (χ4v) is 3.49. The van der Waals surface area contributed by atoms with Crippen molar-refractivity contribution in [2.75, 3.05) is 5.73 Å². The van der Waals surface area contributed by atoms with Gasteiger partial charge < -0.3 is 10.7 Å². The highest BCUT2D eigenvalue weighted by Crippen LogP contribution is 2.18. The molecule has 0 amide bonds. The Morgan fingerprint density at radius 3 is 3.11 bits per heavy atom. The van der Waals surface area contributed by atoms with E-state index < -0.39 is 10.8 Å². The molecule has 2 heterocycles. The van der Waals surface area contributed by atoms with Gasteiger partial charge in [-0.3, -0.25) is 9.19 Å². The van der Waals surface area contributed by atoms with Crippen LogP contribution < -0.4 is 5.73 Å². The molecule has 1 aromatic carbocycles. The van der Waals surface area contributed by atoms with Crippen molar-refractivity contribution >= 4 is 38.9 Å². The molecule has 0 aliphatic rings. The van der Waals surface area contributed by atoms with E-state index in [-0.39, 0.29) is 0 Å². The molecule has 92 valence electrons. The lowest BCUT2D eigenvalue weighted by Crippen LogP contribution is -1.96. The lowest BCUT2D eigenvalue weighted by Gasteiger charge is -1.94. The lowest BCUT2D eigenvalue weighted by molar-refractivity contribution is 0.677. The maximum Gasteiger partial charge on any atom is 0.197 e. The number of H-pyrrole nitrogens is 1. The Hall–Kier alpha value is -1.73. The first-order valence-corrected chi connectivity index (χ1v) is 7.43. The minimum absolute atomic E-state index is 0.431. The summed E-state index contributed by atoms with van der Waals surface area (Å²) in [5, 5.41) is 0.476. The summed E-state index contributed by atoms with van der Waals surface area (Å²) in [4.78, 5) is 12.3. The number of rotatable bonds is 3. The molecular formula is C11H10N4OS2. The summed E-state index contributed by atoms with van der Waals surface area (Å²) >= 11 is 1.49. The van der Waals surface area contributed by atoms with E-state index >= 15 is 0 Å². The Labute approximate surface area is 110 Å². The third-order valence-electron chi connectivity index (χ3n) is 2.46. The number of fused-ring (bicyclic) bond motifs is 1. The summed E-state index contributed by atoms with van der Waals surface area (Å²) < 4.78 is 12.1. The average Bonchev–Trinajstić information content (AvgIpc) is 2.96. The van der Waals surface area contributed by atoms with E-state index in [4.69, 9.17) is 5.73 Å². The van der Waals surface area contributed by atoms with Gasteiger partial charge in [0.05, 0.1) is 33.1 Å². The SMILES string of the molecule is Nc1ccc2nc(S(=O)Cc3cncs3)[nH]c2c1. The van der Waals surface area contributed by atoms with Gasteiger partial charge in [-0.1, -0.05) is 0 Å². The van der Waals surface area contributed by atoms with Crippen molar-refractivity contribution in [1.29, 1.82) is 0 Å². The summed E-state index contributed by atoms with van der Waals surface area (Å²) in [5.74, 6) is 0.431. The predicted octanol–water partition coefficient (Wildman–Crippen LogP) is 1.91. The van der Waals surface area contributed by atoms with Crippen molar-refractivity contribution in [2.24, 2.45) is 0 Å². The summed E-state index contributed by atoms with van der Waals surface area (Å²) in [6, 6.07) is 5.38. The van der Waals surface area contributed by atoms with Crippen molar-refractivity contribution in [3.05, 3.63) is 34.8 Å². The van der Waals surface area contributed by atoms with Crippen LogP contribution in [0.2, 0.25) is 0 Å². The van der Waals surface area contributed by atoms with Crippen LogP contribution in [0.3, 0.4) is 0 Å². The van der Waals surface area contributed by atoms with Crippen LogP contribution in [0.1, 0.15) is 4.88 Å². The molecule has 0 bridgehead atoms. The number of thiazole rings is 1. The van der Waals surface area contributed by atoms with Gasteiger partial charge in [-0.05, 0) is 18.2 Å². The Balaban J connectivity index is 1.92. The van der Waals surface area contributed by atoms with Crippen molar-refractivity contribution in [2.45, 2.75) is 10.9 Å². The fraction of sp³-hybridized carbons (Fsp3) is 0.0909.